The molecule has 6 heteroatoms. The minimum atomic E-state index is 0.452. The average molecular weight is 346 g/mol. The lowest BCUT2D eigenvalue weighted by atomic mass is 9.93. The van der Waals surface area contributed by atoms with Gasteiger partial charge in [0.2, 0.25) is 0 Å². The standard InChI is InChI=1S/C18H27N5S/c1-4-20-18(21-11-17-15(3)6-10-24-17)22-8-5-14(2)16(12-22)23-9-7-19-13-23/h6-7,9-10,13-14,16H,4-5,8,11-12H2,1-3H3,(H,20,21). The first-order chi connectivity index (χ1) is 11.7. The summed E-state index contributed by atoms with van der Waals surface area (Å²) < 4.78 is 2.24. The van der Waals surface area contributed by atoms with E-state index in [-0.39, 0.29) is 0 Å². The summed E-state index contributed by atoms with van der Waals surface area (Å²) in [5, 5.41) is 5.61. The van der Waals surface area contributed by atoms with Crippen molar-refractivity contribution in [2.75, 3.05) is 19.6 Å². The fraction of sp³-hybridized carbons (Fsp3) is 0.556. The third kappa shape index (κ3) is 3.80. The molecule has 1 N–H and O–H groups in total. The molecule has 0 aliphatic carbocycles. The lowest BCUT2D eigenvalue weighted by molar-refractivity contribution is 0.189. The highest BCUT2D eigenvalue weighted by Gasteiger charge is 2.28. The Labute approximate surface area is 148 Å². The number of rotatable bonds is 4. The van der Waals surface area contributed by atoms with E-state index in [1.807, 2.05) is 12.5 Å². The normalized spacial score (nSPS) is 22.0. The van der Waals surface area contributed by atoms with Crippen molar-refractivity contribution in [1.29, 1.82) is 0 Å². The highest BCUT2D eigenvalue weighted by Crippen LogP contribution is 2.27. The van der Waals surface area contributed by atoms with Crippen LogP contribution in [0, 0.1) is 12.8 Å². The molecule has 2 unspecified atom stereocenters. The van der Waals surface area contributed by atoms with Gasteiger partial charge in [0.05, 0.1) is 18.9 Å². The van der Waals surface area contributed by atoms with E-state index in [4.69, 9.17) is 4.99 Å². The molecule has 3 rings (SSSR count). The zero-order chi connectivity index (χ0) is 16.9. The van der Waals surface area contributed by atoms with Gasteiger partial charge in [0.15, 0.2) is 5.96 Å². The molecule has 2 aromatic rings. The number of nitrogens with one attached hydrogen (secondary N) is 1. The molecular formula is C18H27N5S. The van der Waals surface area contributed by atoms with Crippen LogP contribution in [0.1, 0.15) is 36.8 Å². The van der Waals surface area contributed by atoms with Crippen LogP contribution in [0.25, 0.3) is 0 Å². The van der Waals surface area contributed by atoms with Gasteiger partial charge in [-0.2, -0.15) is 0 Å². The third-order valence-corrected chi connectivity index (χ3v) is 5.81. The van der Waals surface area contributed by atoms with Crippen molar-refractivity contribution >= 4 is 17.3 Å². The van der Waals surface area contributed by atoms with Crippen molar-refractivity contribution in [3.05, 3.63) is 40.6 Å². The maximum atomic E-state index is 4.90. The van der Waals surface area contributed by atoms with Crippen molar-refractivity contribution in [3.8, 4) is 0 Å². The maximum absolute atomic E-state index is 4.90. The van der Waals surface area contributed by atoms with E-state index < -0.39 is 0 Å². The van der Waals surface area contributed by atoms with Crippen LogP contribution in [-0.2, 0) is 6.54 Å². The summed E-state index contributed by atoms with van der Waals surface area (Å²) >= 11 is 1.79. The highest BCUT2D eigenvalue weighted by molar-refractivity contribution is 7.10. The zero-order valence-electron chi connectivity index (χ0n) is 14.8. The van der Waals surface area contributed by atoms with Gasteiger partial charge in [-0.15, -0.1) is 11.3 Å². The first kappa shape index (κ1) is 17.0. The fourth-order valence-corrected chi connectivity index (χ4v) is 4.06. The number of thiophene rings is 1. The number of aliphatic imine (C=N–C) groups is 1. The molecule has 0 amide bonds. The van der Waals surface area contributed by atoms with E-state index in [0.29, 0.717) is 12.0 Å². The van der Waals surface area contributed by atoms with Crippen LogP contribution in [0.15, 0.2) is 35.2 Å². The summed E-state index contributed by atoms with van der Waals surface area (Å²) in [6.45, 7) is 10.3. The Bertz CT molecular complexity index is 661. The molecule has 2 atom stereocenters. The second-order valence-corrected chi connectivity index (χ2v) is 7.49. The number of aromatic nitrogens is 2. The molecule has 1 fully saturated rings. The second-order valence-electron chi connectivity index (χ2n) is 6.49. The Balaban J connectivity index is 1.74. The Kier molecular flexibility index (Phi) is 5.56. The van der Waals surface area contributed by atoms with E-state index in [9.17, 15) is 0 Å². The molecule has 1 aliphatic rings. The lowest BCUT2D eigenvalue weighted by Crippen LogP contribution is -2.49. The van der Waals surface area contributed by atoms with Crippen LogP contribution in [0.2, 0.25) is 0 Å². The van der Waals surface area contributed by atoms with Gasteiger partial charge in [-0.05, 0) is 43.2 Å². The summed E-state index contributed by atoms with van der Waals surface area (Å²) in [5.41, 5.74) is 1.34. The van der Waals surface area contributed by atoms with Crippen LogP contribution in [0.4, 0.5) is 0 Å². The number of likely N-dealkylation sites (tertiary alicyclic amines) is 1. The second kappa shape index (κ2) is 7.83. The van der Waals surface area contributed by atoms with Crippen LogP contribution in [0.3, 0.4) is 0 Å². The molecule has 1 saturated heterocycles. The van der Waals surface area contributed by atoms with E-state index in [1.54, 1.807) is 11.3 Å². The Morgan fingerprint density at radius 2 is 2.38 bits per heavy atom. The molecular weight excluding hydrogens is 318 g/mol. The van der Waals surface area contributed by atoms with Crippen molar-refractivity contribution in [2.24, 2.45) is 10.9 Å². The summed E-state index contributed by atoms with van der Waals surface area (Å²) in [7, 11) is 0. The minimum Gasteiger partial charge on any atom is -0.357 e. The molecule has 0 radical (unpaired) electrons. The van der Waals surface area contributed by atoms with Crippen LogP contribution in [0.5, 0.6) is 0 Å². The van der Waals surface area contributed by atoms with Gasteiger partial charge in [0.1, 0.15) is 0 Å². The van der Waals surface area contributed by atoms with Crippen LogP contribution in [-0.4, -0.2) is 40.0 Å². The molecule has 130 valence electrons. The topological polar surface area (TPSA) is 45.5 Å². The van der Waals surface area contributed by atoms with Crippen LogP contribution < -0.4 is 5.32 Å². The van der Waals surface area contributed by atoms with Gasteiger partial charge < -0.3 is 14.8 Å². The number of hydrogen-bond donors (Lipinski definition) is 1. The molecule has 24 heavy (non-hydrogen) atoms. The number of hydrogen-bond acceptors (Lipinski definition) is 3. The first-order valence-electron chi connectivity index (χ1n) is 8.72. The van der Waals surface area contributed by atoms with Gasteiger partial charge in [-0.3, -0.25) is 0 Å². The molecule has 5 nitrogen and oxygen atoms in total. The largest absolute Gasteiger partial charge is 0.357 e. The number of guanidine groups is 1. The number of imidazole rings is 1. The SMILES string of the molecule is CCNC(=NCc1sccc1C)N1CCC(C)C(n2ccnc2)C1. The van der Waals surface area contributed by atoms with E-state index in [0.717, 1.165) is 32.1 Å². The molecule has 2 aromatic heterocycles. The molecule has 3 heterocycles. The van der Waals surface area contributed by atoms with Gasteiger partial charge in [0.25, 0.3) is 0 Å². The molecule has 0 saturated carbocycles. The predicted molar refractivity (Wildman–Crippen MR) is 100 cm³/mol. The third-order valence-electron chi connectivity index (χ3n) is 4.80. The molecule has 0 spiro atoms. The number of nitrogens with zero attached hydrogens (tertiary/aromatic N) is 4. The van der Waals surface area contributed by atoms with Gasteiger partial charge >= 0.3 is 0 Å². The first-order valence-corrected chi connectivity index (χ1v) is 9.60. The smallest absolute Gasteiger partial charge is 0.194 e. The minimum absolute atomic E-state index is 0.452. The van der Waals surface area contributed by atoms with Gasteiger partial charge in [-0.1, -0.05) is 6.92 Å². The molecule has 1 aliphatic heterocycles. The zero-order valence-corrected chi connectivity index (χ0v) is 15.6. The molecule has 0 bridgehead atoms. The van der Waals surface area contributed by atoms with Crippen molar-refractivity contribution < 1.29 is 0 Å². The van der Waals surface area contributed by atoms with E-state index >= 15 is 0 Å². The monoisotopic (exact) mass is 345 g/mol. The van der Waals surface area contributed by atoms with Crippen LogP contribution >= 0.6 is 11.3 Å². The van der Waals surface area contributed by atoms with Crippen molar-refractivity contribution in [1.82, 2.24) is 19.8 Å². The average Bonchev–Trinajstić information content (AvgIpc) is 3.24. The Morgan fingerprint density at radius 1 is 1.50 bits per heavy atom. The summed E-state index contributed by atoms with van der Waals surface area (Å²) in [6.07, 6.45) is 7.04. The quantitative estimate of drug-likeness (QED) is 0.683. The fourth-order valence-electron chi connectivity index (χ4n) is 3.23. The van der Waals surface area contributed by atoms with E-state index in [2.05, 4.69) is 58.2 Å². The summed E-state index contributed by atoms with van der Waals surface area (Å²) in [4.78, 5) is 12.9. The maximum Gasteiger partial charge on any atom is 0.194 e. The van der Waals surface area contributed by atoms with Crippen molar-refractivity contribution in [3.63, 3.8) is 0 Å². The van der Waals surface area contributed by atoms with Crippen molar-refractivity contribution in [2.45, 2.75) is 39.8 Å². The summed E-state index contributed by atoms with van der Waals surface area (Å²) in [5.74, 6) is 1.68. The Morgan fingerprint density at radius 3 is 3.04 bits per heavy atom. The van der Waals surface area contributed by atoms with Gasteiger partial charge in [0, 0.05) is 36.9 Å². The Hall–Kier alpha value is -1.82. The molecule has 0 aromatic carbocycles. The number of piperidine rings is 1. The number of aryl methyl sites for hydroxylation is 1. The highest BCUT2D eigenvalue weighted by atomic mass is 32.1. The predicted octanol–water partition coefficient (Wildman–Crippen LogP) is 3.30. The van der Waals surface area contributed by atoms with E-state index in [1.165, 1.54) is 16.9 Å². The summed E-state index contributed by atoms with van der Waals surface area (Å²) in [6, 6.07) is 2.62. The van der Waals surface area contributed by atoms with Gasteiger partial charge in [-0.25, -0.2) is 9.98 Å². The lowest BCUT2D eigenvalue weighted by Gasteiger charge is -2.39.